The molecule has 0 heterocycles. The van der Waals surface area contributed by atoms with E-state index in [2.05, 4.69) is 10.0 Å². The highest BCUT2D eigenvalue weighted by Crippen LogP contribution is 2.21. The van der Waals surface area contributed by atoms with E-state index in [1.807, 2.05) is 24.5 Å². The van der Waals surface area contributed by atoms with Gasteiger partial charge in [-0.2, -0.15) is 0 Å². The average molecular weight is 350 g/mol. The second-order valence-corrected chi connectivity index (χ2v) is 7.64. The summed E-state index contributed by atoms with van der Waals surface area (Å²) in [6.45, 7) is 1.77. The third-order valence-electron chi connectivity index (χ3n) is 3.36. The Balaban J connectivity index is 2.33. The number of benzene rings is 2. The Labute approximate surface area is 140 Å². The van der Waals surface area contributed by atoms with Gasteiger partial charge in [0.15, 0.2) is 0 Å². The maximum atomic E-state index is 12.5. The zero-order valence-electron chi connectivity index (χ0n) is 13.1. The monoisotopic (exact) mass is 350 g/mol. The number of anilines is 1. The third kappa shape index (κ3) is 4.13. The Morgan fingerprint density at radius 3 is 2.52 bits per heavy atom. The van der Waals surface area contributed by atoms with Gasteiger partial charge in [0.25, 0.3) is 5.91 Å². The van der Waals surface area contributed by atoms with Gasteiger partial charge in [-0.3, -0.25) is 4.79 Å². The zero-order valence-corrected chi connectivity index (χ0v) is 14.7. The normalized spacial score (nSPS) is 11.3. The van der Waals surface area contributed by atoms with Gasteiger partial charge in [0.2, 0.25) is 10.0 Å². The summed E-state index contributed by atoms with van der Waals surface area (Å²) in [5.74, 6) is -0.339. The number of hydrogen-bond acceptors (Lipinski definition) is 4. The number of hydrogen-bond donors (Lipinski definition) is 2. The molecule has 2 N–H and O–H groups in total. The molecule has 122 valence electrons. The topological polar surface area (TPSA) is 75.3 Å². The van der Waals surface area contributed by atoms with E-state index in [1.165, 1.54) is 19.2 Å². The number of sulfonamides is 1. The van der Waals surface area contributed by atoms with E-state index in [1.54, 1.807) is 30.8 Å². The Hall–Kier alpha value is -1.83. The summed E-state index contributed by atoms with van der Waals surface area (Å²) in [5, 5.41) is 2.80. The molecule has 0 aliphatic rings. The summed E-state index contributed by atoms with van der Waals surface area (Å²) >= 11 is 1.58. The Kier molecular flexibility index (Phi) is 5.46. The molecular formula is C16H18N2O3S2. The molecule has 0 bridgehead atoms. The Bertz CT molecular complexity index is 833. The minimum absolute atomic E-state index is 0.0635. The van der Waals surface area contributed by atoms with Crippen molar-refractivity contribution in [3.05, 3.63) is 53.6 Å². The van der Waals surface area contributed by atoms with E-state index >= 15 is 0 Å². The molecule has 1 amide bonds. The van der Waals surface area contributed by atoms with Gasteiger partial charge in [-0.15, -0.1) is 11.8 Å². The summed E-state index contributed by atoms with van der Waals surface area (Å²) in [6, 6.07) is 12.0. The maximum Gasteiger partial charge on any atom is 0.255 e. The molecule has 0 unspecified atom stereocenters. The van der Waals surface area contributed by atoms with Crippen LogP contribution in [0, 0.1) is 6.92 Å². The van der Waals surface area contributed by atoms with Crippen LogP contribution < -0.4 is 10.0 Å². The first-order valence-electron chi connectivity index (χ1n) is 6.87. The smallest absolute Gasteiger partial charge is 0.255 e. The van der Waals surface area contributed by atoms with Crippen molar-refractivity contribution in [1.29, 1.82) is 0 Å². The molecular weight excluding hydrogens is 332 g/mol. The van der Waals surface area contributed by atoms with E-state index in [0.29, 0.717) is 16.8 Å². The van der Waals surface area contributed by atoms with E-state index in [9.17, 15) is 13.2 Å². The molecule has 0 spiro atoms. The van der Waals surface area contributed by atoms with Crippen LogP contribution in [0.2, 0.25) is 0 Å². The molecule has 7 heteroatoms. The molecule has 0 fully saturated rings. The molecule has 5 nitrogen and oxygen atoms in total. The van der Waals surface area contributed by atoms with Crippen molar-refractivity contribution in [1.82, 2.24) is 4.72 Å². The largest absolute Gasteiger partial charge is 0.322 e. The first-order valence-corrected chi connectivity index (χ1v) is 9.58. The number of carbonyl (C=O) groups excluding carboxylic acids is 1. The maximum absolute atomic E-state index is 12.5. The summed E-state index contributed by atoms with van der Waals surface area (Å²) < 4.78 is 26.0. The minimum Gasteiger partial charge on any atom is -0.322 e. The first kappa shape index (κ1) is 17.5. The van der Waals surface area contributed by atoms with E-state index in [-0.39, 0.29) is 10.8 Å². The SMILES string of the molecule is CNS(=O)(=O)c1ccc(C)c(C(=O)Nc2cccc(SC)c2)c1. The fraction of sp³-hybridized carbons (Fsp3) is 0.188. The summed E-state index contributed by atoms with van der Waals surface area (Å²) in [4.78, 5) is 13.6. The highest BCUT2D eigenvalue weighted by molar-refractivity contribution is 7.98. The summed E-state index contributed by atoms with van der Waals surface area (Å²) in [7, 11) is -2.25. The van der Waals surface area contributed by atoms with Crippen molar-refractivity contribution in [2.24, 2.45) is 0 Å². The molecule has 0 radical (unpaired) electrons. The number of amides is 1. The van der Waals surface area contributed by atoms with Gasteiger partial charge in [0.05, 0.1) is 4.90 Å². The van der Waals surface area contributed by atoms with Crippen LogP contribution >= 0.6 is 11.8 Å². The first-order chi connectivity index (χ1) is 10.9. The van der Waals surface area contributed by atoms with Crippen LogP contribution in [0.5, 0.6) is 0 Å². The molecule has 2 rings (SSSR count). The molecule has 23 heavy (non-hydrogen) atoms. The zero-order chi connectivity index (χ0) is 17.0. The van der Waals surface area contributed by atoms with Crippen LogP contribution in [0.3, 0.4) is 0 Å². The van der Waals surface area contributed by atoms with Crippen molar-refractivity contribution in [2.75, 3.05) is 18.6 Å². The predicted octanol–water partition coefficient (Wildman–Crippen LogP) is 2.88. The molecule has 0 saturated heterocycles. The molecule has 0 saturated carbocycles. The number of rotatable bonds is 5. The van der Waals surface area contributed by atoms with Crippen molar-refractivity contribution in [2.45, 2.75) is 16.7 Å². The van der Waals surface area contributed by atoms with Gasteiger partial charge in [0.1, 0.15) is 0 Å². The highest BCUT2D eigenvalue weighted by Gasteiger charge is 2.16. The summed E-state index contributed by atoms with van der Waals surface area (Å²) in [6.07, 6.45) is 1.96. The van der Waals surface area contributed by atoms with E-state index < -0.39 is 10.0 Å². The Morgan fingerprint density at radius 1 is 1.13 bits per heavy atom. The van der Waals surface area contributed by atoms with Crippen LogP contribution in [-0.4, -0.2) is 27.6 Å². The van der Waals surface area contributed by atoms with Crippen LogP contribution in [0.15, 0.2) is 52.3 Å². The average Bonchev–Trinajstić information content (AvgIpc) is 2.55. The molecule has 2 aromatic rings. The van der Waals surface area contributed by atoms with Gasteiger partial charge in [-0.25, -0.2) is 13.1 Å². The molecule has 2 aromatic carbocycles. The van der Waals surface area contributed by atoms with Gasteiger partial charge >= 0.3 is 0 Å². The van der Waals surface area contributed by atoms with E-state index in [4.69, 9.17) is 0 Å². The van der Waals surface area contributed by atoms with E-state index in [0.717, 1.165) is 4.90 Å². The number of thioether (sulfide) groups is 1. The number of aryl methyl sites for hydroxylation is 1. The van der Waals surface area contributed by atoms with Gasteiger partial charge in [-0.1, -0.05) is 12.1 Å². The fourth-order valence-electron chi connectivity index (χ4n) is 2.03. The molecule has 0 aliphatic heterocycles. The lowest BCUT2D eigenvalue weighted by atomic mass is 10.1. The second kappa shape index (κ2) is 7.16. The number of nitrogens with one attached hydrogen (secondary N) is 2. The predicted molar refractivity (Wildman–Crippen MR) is 93.6 cm³/mol. The second-order valence-electron chi connectivity index (χ2n) is 4.87. The van der Waals surface area contributed by atoms with Gasteiger partial charge in [0, 0.05) is 16.1 Å². The standard InChI is InChI=1S/C16H18N2O3S2/c1-11-7-8-14(23(20,21)17-2)10-15(11)16(19)18-12-5-4-6-13(9-12)22-3/h4-10,17H,1-3H3,(H,18,19). The quantitative estimate of drug-likeness (QED) is 0.813. The lowest BCUT2D eigenvalue weighted by molar-refractivity contribution is 0.102. The third-order valence-corrected chi connectivity index (χ3v) is 5.50. The van der Waals surface area contributed by atoms with Crippen molar-refractivity contribution >= 4 is 33.4 Å². The van der Waals surface area contributed by atoms with Crippen LogP contribution in [0.1, 0.15) is 15.9 Å². The lowest BCUT2D eigenvalue weighted by Crippen LogP contribution is -2.20. The Morgan fingerprint density at radius 2 is 1.87 bits per heavy atom. The minimum atomic E-state index is -3.59. The van der Waals surface area contributed by atoms with Crippen LogP contribution in [-0.2, 0) is 10.0 Å². The highest BCUT2D eigenvalue weighted by atomic mass is 32.2. The summed E-state index contributed by atoms with van der Waals surface area (Å²) in [5.41, 5.74) is 1.71. The fourth-order valence-corrected chi connectivity index (χ4v) is 3.25. The van der Waals surface area contributed by atoms with Crippen molar-refractivity contribution in [3.63, 3.8) is 0 Å². The van der Waals surface area contributed by atoms with Crippen LogP contribution in [0.25, 0.3) is 0 Å². The van der Waals surface area contributed by atoms with Crippen LogP contribution in [0.4, 0.5) is 5.69 Å². The van der Waals surface area contributed by atoms with Crippen molar-refractivity contribution in [3.8, 4) is 0 Å². The molecule has 0 aliphatic carbocycles. The molecule has 0 aromatic heterocycles. The lowest BCUT2D eigenvalue weighted by Gasteiger charge is -2.10. The van der Waals surface area contributed by atoms with Gasteiger partial charge in [-0.05, 0) is 56.1 Å². The number of carbonyl (C=O) groups is 1. The van der Waals surface area contributed by atoms with Crippen molar-refractivity contribution < 1.29 is 13.2 Å². The molecule has 0 atom stereocenters. The van der Waals surface area contributed by atoms with Gasteiger partial charge < -0.3 is 5.32 Å².